The van der Waals surface area contributed by atoms with Crippen LogP contribution in [0.4, 0.5) is 0 Å². The maximum Gasteiger partial charge on any atom is 0.239 e. The van der Waals surface area contributed by atoms with E-state index in [-0.39, 0.29) is 38.0 Å². The highest BCUT2D eigenvalue weighted by molar-refractivity contribution is 6.42. The third-order valence-corrected chi connectivity index (χ3v) is 5.24. The zero-order valence-electron chi connectivity index (χ0n) is 19.0. The van der Waals surface area contributed by atoms with E-state index >= 15 is 0 Å². The lowest BCUT2D eigenvalue weighted by Gasteiger charge is -2.18. The van der Waals surface area contributed by atoms with Crippen molar-refractivity contribution in [1.29, 1.82) is 0 Å². The molecule has 0 aliphatic carbocycles. The summed E-state index contributed by atoms with van der Waals surface area (Å²) in [6.45, 7) is 6.57. The average Bonchev–Trinajstić information content (AvgIpc) is 2.74. The molecule has 1 rings (SSSR count). The summed E-state index contributed by atoms with van der Waals surface area (Å²) in [4.78, 5) is 34.8. The molecule has 0 bridgehead atoms. The molecule has 3 amide bonds. The summed E-state index contributed by atoms with van der Waals surface area (Å²) in [5, 5.41) is 14.9. The predicted molar refractivity (Wildman–Crippen MR) is 126 cm³/mol. The third-order valence-electron chi connectivity index (χ3n) is 4.50. The number of carbonyl (C=O) groups excluding carboxylic acids is 3. The third kappa shape index (κ3) is 15.0. The number of aryl methyl sites for hydroxylation is 1. The molecule has 0 spiro atoms. The number of aliphatic hydroxyl groups excluding tert-OH is 1. The molecule has 0 heterocycles. The van der Waals surface area contributed by atoms with Crippen LogP contribution in [0.5, 0.6) is 0 Å². The van der Waals surface area contributed by atoms with Crippen LogP contribution in [0.3, 0.4) is 0 Å². The second-order valence-corrected chi connectivity index (χ2v) is 8.25. The number of rotatable bonds is 13. The Balaban J connectivity index is 0.000000879. The lowest BCUT2D eigenvalue weighted by atomic mass is 9.90. The molecule has 0 aliphatic rings. The van der Waals surface area contributed by atoms with Crippen LogP contribution in [0.1, 0.15) is 38.7 Å². The summed E-state index contributed by atoms with van der Waals surface area (Å²) in [6.07, 6.45) is 1.44. The normalized spacial score (nSPS) is 12.2. The SMILES string of the molecule is CCC(C)CC(CC(N)=O)C(=O)NCC(=O)NCCOCCO.Cc1ccc(Cl)c(Cl)c1. The van der Waals surface area contributed by atoms with Crippen molar-refractivity contribution < 1.29 is 24.2 Å². The molecule has 0 radical (unpaired) electrons. The van der Waals surface area contributed by atoms with Crippen LogP contribution >= 0.6 is 23.2 Å². The Morgan fingerprint density at radius 1 is 1.16 bits per heavy atom. The Labute approximate surface area is 200 Å². The molecule has 0 aliphatic heterocycles. The lowest BCUT2D eigenvalue weighted by molar-refractivity contribution is -0.131. The molecule has 182 valence electrons. The number of amides is 3. The molecular formula is C22H35Cl2N3O5. The van der Waals surface area contributed by atoms with Gasteiger partial charge in [0.15, 0.2) is 0 Å². The first kappa shape index (κ1) is 30.1. The molecule has 2 unspecified atom stereocenters. The maximum atomic E-state index is 12.1. The highest BCUT2D eigenvalue weighted by atomic mass is 35.5. The quantitative estimate of drug-likeness (QED) is 0.314. The van der Waals surface area contributed by atoms with Gasteiger partial charge in [-0.15, -0.1) is 0 Å². The van der Waals surface area contributed by atoms with E-state index in [9.17, 15) is 14.4 Å². The number of aliphatic hydroxyl groups is 1. The summed E-state index contributed by atoms with van der Waals surface area (Å²) in [7, 11) is 0. The van der Waals surface area contributed by atoms with E-state index in [4.69, 9.17) is 38.8 Å². The van der Waals surface area contributed by atoms with Crippen molar-refractivity contribution in [2.24, 2.45) is 17.6 Å². The summed E-state index contributed by atoms with van der Waals surface area (Å²) in [6, 6.07) is 5.55. The van der Waals surface area contributed by atoms with Crippen molar-refractivity contribution in [3.8, 4) is 0 Å². The molecule has 8 nitrogen and oxygen atoms in total. The Morgan fingerprint density at radius 3 is 2.38 bits per heavy atom. The van der Waals surface area contributed by atoms with E-state index in [1.807, 2.05) is 32.9 Å². The summed E-state index contributed by atoms with van der Waals surface area (Å²) >= 11 is 11.3. The smallest absolute Gasteiger partial charge is 0.239 e. The average molecular weight is 492 g/mol. The first-order valence-electron chi connectivity index (χ1n) is 10.5. The van der Waals surface area contributed by atoms with Crippen LogP contribution in [0, 0.1) is 18.8 Å². The van der Waals surface area contributed by atoms with Crippen molar-refractivity contribution in [2.45, 2.75) is 40.0 Å². The second kappa shape index (κ2) is 17.7. The van der Waals surface area contributed by atoms with E-state index in [1.54, 1.807) is 6.07 Å². The predicted octanol–water partition coefficient (Wildman–Crippen LogP) is 2.46. The first-order chi connectivity index (χ1) is 15.1. The van der Waals surface area contributed by atoms with Gasteiger partial charge in [-0.2, -0.15) is 0 Å². The molecule has 10 heteroatoms. The maximum absolute atomic E-state index is 12.1. The molecular weight excluding hydrogens is 457 g/mol. The van der Waals surface area contributed by atoms with Gasteiger partial charge in [0.2, 0.25) is 17.7 Å². The van der Waals surface area contributed by atoms with E-state index in [1.165, 1.54) is 0 Å². The van der Waals surface area contributed by atoms with Gasteiger partial charge in [0.25, 0.3) is 0 Å². The zero-order valence-corrected chi connectivity index (χ0v) is 20.5. The van der Waals surface area contributed by atoms with Gasteiger partial charge in [-0.25, -0.2) is 0 Å². The second-order valence-electron chi connectivity index (χ2n) is 7.44. The van der Waals surface area contributed by atoms with Crippen molar-refractivity contribution in [1.82, 2.24) is 10.6 Å². The van der Waals surface area contributed by atoms with E-state index in [0.29, 0.717) is 35.5 Å². The van der Waals surface area contributed by atoms with Crippen LogP contribution in [-0.2, 0) is 19.1 Å². The number of hydrogen-bond acceptors (Lipinski definition) is 5. The molecule has 5 N–H and O–H groups in total. The molecule has 2 atom stereocenters. The number of carbonyl (C=O) groups is 3. The van der Waals surface area contributed by atoms with Crippen LogP contribution in [-0.4, -0.2) is 55.7 Å². The van der Waals surface area contributed by atoms with E-state index in [0.717, 1.165) is 12.0 Å². The fourth-order valence-electron chi connectivity index (χ4n) is 2.58. The van der Waals surface area contributed by atoms with Crippen LogP contribution in [0.15, 0.2) is 18.2 Å². The molecule has 1 aromatic rings. The van der Waals surface area contributed by atoms with Gasteiger partial charge in [-0.1, -0.05) is 49.5 Å². The van der Waals surface area contributed by atoms with E-state index < -0.39 is 11.8 Å². The Morgan fingerprint density at radius 2 is 1.84 bits per heavy atom. The van der Waals surface area contributed by atoms with Gasteiger partial charge in [0, 0.05) is 18.9 Å². The summed E-state index contributed by atoms with van der Waals surface area (Å²) in [5.41, 5.74) is 6.31. The minimum absolute atomic E-state index is 0.0210. The zero-order chi connectivity index (χ0) is 24.5. The van der Waals surface area contributed by atoms with Gasteiger partial charge in [-0.3, -0.25) is 14.4 Å². The molecule has 0 fully saturated rings. The topological polar surface area (TPSA) is 131 Å². The molecule has 32 heavy (non-hydrogen) atoms. The fourth-order valence-corrected chi connectivity index (χ4v) is 2.94. The van der Waals surface area contributed by atoms with Crippen LogP contribution < -0.4 is 16.4 Å². The number of nitrogens with two attached hydrogens (primary N) is 1. The van der Waals surface area contributed by atoms with E-state index in [2.05, 4.69) is 10.6 Å². The largest absolute Gasteiger partial charge is 0.394 e. The minimum atomic E-state index is -0.529. The lowest BCUT2D eigenvalue weighted by Crippen LogP contribution is -2.41. The van der Waals surface area contributed by atoms with Crippen molar-refractivity contribution in [2.75, 3.05) is 32.9 Å². The Kier molecular flexibility index (Phi) is 16.6. The number of benzene rings is 1. The molecule has 0 saturated carbocycles. The van der Waals surface area contributed by atoms with Gasteiger partial charge in [0.05, 0.1) is 36.4 Å². The Bertz CT molecular complexity index is 719. The van der Waals surface area contributed by atoms with Gasteiger partial charge in [-0.05, 0) is 37.0 Å². The molecule has 0 saturated heterocycles. The number of nitrogens with one attached hydrogen (secondary N) is 2. The highest BCUT2D eigenvalue weighted by Crippen LogP contribution is 2.21. The first-order valence-corrected chi connectivity index (χ1v) is 11.3. The number of ether oxygens (including phenoxy) is 1. The van der Waals surface area contributed by atoms with Crippen molar-refractivity contribution >= 4 is 40.9 Å². The van der Waals surface area contributed by atoms with Gasteiger partial charge in [0.1, 0.15) is 0 Å². The van der Waals surface area contributed by atoms with Crippen LogP contribution in [0.25, 0.3) is 0 Å². The van der Waals surface area contributed by atoms with Gasteiger partial charge < -0.3 is 26.2 Å². The number of hydrogen-bond donors (Lipinski definition) is 4. The standard InChI is InChI=1S/C15H29N3O5.C7H6Cl2/c1-3-11(2)8-12(9-13(16)20)15(22)18-10-14(21)17-4-6-23-7-5-19;1-5-2-3-6(8)7(9)4-5/h11-12,19H,3-10H2,1-2H3,(H2,16,20)(H,17,21)(H,18,22);2-4H,1H3. The van der Waals surface area contributed by atoms with Crippen molar-refractivity contribution in [3.63, 3.8) is 0 Å². The number of halogens is 2. The minimum Gasteiger partial charge on any atom is -0.394 e. The van der Waals surface area contributed by atoms with Crippen LogP contribution in [0.2, 0.25) is 10.0 Å². The summed E-state index contributed by atoms with van der Waals surface area (Å²) in [5.74, 6) is -1.42. The molecule has 0 aromatic heterocycles. The number of primary amides is 1. The Hall–Kier alpha value is -1.87. The molecule has 1 aromatic carbocycles. The summed E-state index contributed by atoms with van der Waals surface area (Å²) < 4.78 is 4.99. The van der Waals surface area contributed by atoms with Gasteiger partial charge >= 0.3 is 0 Å². The monoisotopic (exact) mass is 491 g/mol. The highest BCUT2D eigenvalue weighted by Gasteiger charge is 2.23. The van der Waals surface area contributed by atoms with Crippen molar-refractivity contribution in [3.05, 3.63) is 33.8 Å². The fraction of sp³-hybridized carbons (Fsp3) is 0.591.